The quantitative estimate of drug-likeness (QED) is 0.811. The fraction of sp³-hybridized carbons (Fsp3) is 0.235. The van der Waals surface area contributed by atoms with Crippen LogP contribution < -0.4 is 9.62 Å². The van der Waals surface area contributed by atoms with Gasteiger partial charge in [0.25, 0.3) is 5.91 Å². The van der Waals surface area contributed by atoms with Crippen molar-refractivity contribution in [3.8, 4) is 0 Å². The third-order valence-electron chi connectivity index (χ3n) is 3.92. The Kier molecular flexibility index (Phi) is 5.10. The number of carbonyl (C=O) groups is 1. The molecule has 1 aliphatic heterocycles. The average Bonchev–Trinajstić information content (AvgIpc) is 2.57. The number of rotatable bonds is 3. The number of benzene rings is 2. The molecule has 2 aromatic rings. The molecule has 1 heterocycles. The number of nitrogens with zero attached hydrogens (tertiary/aromatic N) is 1. The first kappa shape index (κ1) is 17.9. The van der Waals surface area contributed by atoms with E-state index >= 15 is 0 Å². The van der Waals surface area contributed by atoms with Gasteiger partial charge in [-0.3, -0.25) is 9.10 Å². The van der Waals surface area contributed by atoms with Crippen LogP contribution in [0.4, 0.5) is 15.8 Å². The smallest absolute Gasteiger partial charge is 0.255 e. The van der Waals surface area contributed by atoms with Crippen molar-refractivity contribution in [2.24, 2.45) is 0 Å². The fourth-order valence-electron chi connectivity index (χ4n) is 2.67. The highest BCUT2D eigenvalue weighted by molar-refractivity contribution is 9.10. The lowest BCUT2D eigenvalue weighted by Gasteiger charge is -2.28. The zero-order valence-corrected chi connectivity index (χ0v) is 15.6. The highest BCUT2D eigenvalue weighted by Crippen LogP contribution is 2.25. The summed E-state index contributed by atoms with van der Waals surface area (Å²) in [5, 5.41) is 2.50. The lowest BCUT2D eigenvalue weighted by molar-refractivity contribution is 0.102. The van der Waals surface area contributed by atoms with Gasteiger partial charge in [-0.05, 0) is 49.2 Å². The predicted octanol–water partition coefficient (Wildman–Crippen LogP) is 3.77. The molecule has 132 valence electrons. The molecule has 5 nitrogen and oxygen atoms in total. The first-order chi connectivity index (χ1) is 11.9. The maximum Gasteiger partial charge on any atom is 0.255 e. The van der Waals surface area contributed by atoms with E-state index in [1.807, 2.05) is 0 Å². The standard InChI is InChI=1S/C17H16BrFN2O3S/c18-13-6-7-16(15(19)11-13)20-17(22)12-4-3-5-14(10-12)21-8-1-2-9-25(21,23)24/h3-7,10-11H,1-2,8-9H2,(H,20,22). The Morgan fingerprint density at radius 2 is 1.96 bits per heavy atom. The summed E-state index contributed by atoms with van der Waals surface area (Å²) in [5.74, 6) is -0.956. The van der Waals surface area contributed by atoms with Gasteiger partial charge in [0.2, 0.25) is 10.0 Å². The molecule has 0 radical (unpaired) electrons. The van der Waals surface area contributed by atoms with Gasteiger partial charge in [-0.1, -0.05) is 22.0 Å². The van der Waals surface area contributed by atoms with Crippen molar-refractivity contribution >= 4 is 43.2 Å². The van der Waals surface area contributed by atoms with Gasteiger partial charge >= 0.3 is 0 Å². The van der Waals surface area contributed by atoms with E-state index in [2.05, 4.69) is 21.2 Å². The number of carbonyl (C=O) groups excluding carboxylic acids is 1. The second-order valence-corrected chi connectivity index (χ2v) is 8.65. The van der Waals surface area contributed by atoms with E-state index < -0.39 is 21.7 Å². The SMILES string of the molecule is O=C(Nc1ccc(Br)cc1F)c1cccc(N2CCCCS2(=O)=O)c1. The van der Waals surface area contributed by atoms with Gasteiger partial charge in [0.15, 0.2) is 0 Å². The number of hydrogen-bond donors (Lipinski definition) is 1. The van der Waals surface area contributed by atoms with Gasteiger partial charge in [0, 0.05) is 16.6 Å². The van der Waals surface area contributed by atoms with Crippen LogP contribution in [-0.2, 0) is 10.0 Å². The predicted molar refractivity (Wildman–Crippen MR) is 98.9 cm³/mol. The molecule has 0 saturated carbocycles. The van der Waals surface area contributed by atoms with E-state index in [1.165, 1.54) is 22.5 Å². The second kappa shape index (κ2) is 7.13. The first-order valence-corrected chi connectivity index (χ1v) is 10.1. The molecule has 0 spiro atoms. The summed E-state index contributed by atoms with van der Waals surface area (Å²) in [7, 11) is -3.35. The molecule has 0 aromatic heterocycles. The Hall–Kier alpha value is -1.93. The van der Waals surface area contributed by atoms with Gasteiger partial charge in [0.05, 0.1) is 17.1 Å². The minimum Gasteiger partial charge on any atom is -0.319 e. The van der Waals surface area contributed by atoms with Gasteiger partial charge < -0.3 is 5.32 Å². The lowest BCUT2D eigenvalue weighted by Crippen LogP contribution is -2.37. The molecule has 0 atom stereocenters. The second-order valence-electron chi connectivity index (χ2n) is 5.72. The molecule has 25 heavy (non-hydrogen) atoms. The molecule has 1 aliphatic rings. The van der Waals surface area contributed by atoms with Crippen LogP contribution in [0.25, 0.3) is 0 Å². The maximum atomic E-state index is 13.9. The van der Waals surface area contributed by atoms with Crippen LogP contribution >= 0.6 is 15.9 Å². The molecule has 1 N–H and O–H groups in total. The van der Waals surface area contributed by atoms with E-state index in [-0.39, 0.29) is 17.0 Å². The highest BCUT2D eigenvalue weighted by atomic mass is 79.9. The van der Waals surface area contributed by atoms with E-state index in [4.69, 9.17) is 0 Å². The highest BCUT2D eigenvalue weighted by Gasteiger charge is 2.26. The fourth-order valence-corrected chi connectivity index (χ4v) is 4.63. The van der Waals surface area contributed by atoms with Crippen molar-refractivity contribution in [2.45, 2.75) is 12.8 Å². The first-order valence-electron chi connectivity index (χ1n) is 7.74. The molecular formula is C17H16BrFN2O3S. The largest absolute Gasteiger partial charge is 0.319 e. The number of sulfonamides is 1. The van der Waals surface area contributed by atoms with E-state index in [0.717, 1.165) is 6.42 Å². The minimum atomic E-state index is -3.35. The summed E-state index contributed by atoms with van der Waals surface area (Å²) in [6.07, 6.45) is 1.42. The van der Waals surface area contributed by atoms with Crippen molar-refractivity contribution in [2.75, 3.05) is 21.9 Å². The van der Waals surface area contributed by atoms with Crippen molar-refractivity contribution < 1.29 is 17.6 Å². The number of amides is 1. The van der Waals surface area contributed by atoms with Gasteiger partial charge in [-0.15, -0.1) is 0 Å². The number of hydrogen-bond acceptors (Lipinski definition) is 3. The maximum absolute atomic E-state index is 13.9. The van der Waals surface area contributed by atoms with E-state index in [0.29, 0.717) is 23.1 Å². The molecule has 2 aromatic carbocycles. The van der Waals surface area contributed by atoms with Crippen molar-refractivity contribution in [1.29, 1.82) is 0 Å². The monoisotopic (exact) mass is 426 g/mol. The summed E-state index contributed by atoms with van der Waals surface area (Å²) in [5.41, 5.74) is 0.772. The minimum absolute atomic E-state index is 0.0594. The van der Waals surface area contributed by atoms with Crippen LogP contribution in [-0.4, -0.2) is 26.6 Å². The number of anilines is 2. The third kappa shape index (κ3) is 4.01. The molecule has 0 bridgehead atoms. The van der Waals surface area contributed by atoms with Gasteiger partial charge in [0.1, 0.15) is 5.82 Å². The molecule has 3 rings (SSSR count). The Morgan fingerprint density at radius 1 is 1.16 bits per heavy atom. The van der Waals surface area contributed by atoms with Gasteiger partial charge in [-0.25, -0.2) is 12.8 Å². The molecule has 0 aliphatic carbocycles. The average molecular weight is 427 g/mol. The third-order valence-corrected chi connectivity index (χ3v) is 6.29. The molecule has 0 unspecified atom stereocenters. The van der Waals surface area contributed by atoms with Crippen LogP contribution in [0.2, 0.25) is 0 Å². The topological polar surface area (TPSA) is 66.5 Å². The number of nitrogens with one attached hydrogen (secondary N) is 1. The summed E-state index contributed by atoms with van der Waals surface area (Å²) in [4.78, 5) is 12.4. The molecule has 8 heteroatoms. The number of halogens is 2. The summed E-state index contributed by atoms with van der Waals surface area (Å²) in [6, 6.07) is 10.7. The zero-order valence-electron chi connectivity index (χ0n) is 13.2. The summed E-state index contributed by atoms with van der Waals surface area (Å²) < 4.78 is 40.2. The zero-order chi connectivity index (χ0) is 18.0. The normalized spacial score (nSPS) is 16.5. The van der Waals surface area contributed by atoms with Crippen molar-refractivity contribution in [3.63, 3.8) is 0 Å². The van der Waals surface area contributed by atoms with Crippen LogP contribution in [0.1, 0.15) is 23.2 Å². The van der Waals surface area contributed by atoms with Crippen LogP contribution in [0, 0.1) is 5.82 Å². The molecule has 1 amide bonds. The molecule has 1 saturated heterocycles. The Bertz CT molecular complexity index is 918. The van der Waals surface area contributed by atoms with E-state index in [1.54, 1.807) is 24.3 Å². The van der Waals surface area contributed by atoms with Crippen LogP contribution in [0.15, 0.2) is 46.9 Å². The summed E-state index contributed by atoms with van der Waals surface area (Å²) in [6.45, 7) is 0.398. The van der Waals surface area contributed by atoms with Crippen molar-refractivity contribution in [3.05, 3.63) is 58.3 Å². The van der Waals surface area contributed by atoms with Gasteiger partial charge in [-0.2, -0.15) is 0 Å². The Labute approximate surface area is 154 Å². The Balaban J connectivity index is 1.84. The molecule has 1 fully saturated rings. The van der Waals surface area contributed by atoms with E-state index in [9.17, 15) is 17.6 Å². The van der Waals surface area contributed by atoms with Crippen molar-refractivity contribution in [1.82, 2.24) is 0 Å². The van der Waals surface area contributed by atoms with Crippen LogP contribution in [0.3, 0.4) is 0 Å². The lowest BCUT2D eigenvalue weighted by atomic mass is 10.1. The Morgan fingerprint density at radius 3 is 2.68 bits per heavy atom. The summed E-state index contributed by atoms with van der Waals surface area (Å²) >= 11 is 3.16. The van der Waals surface area contributed by atoms with Crippen LogP contribution in [0.5, 0.6) is 0 Å². The molecular weight excluding hydrogens is 411 g/mol.